The molecule has 0 saturated heterocycles. The number of aliphatic carboxylic acids is 1. The number of carbonyl (C=O) groups is 2. The molecule has 94 valence electrons. The summed E-state index contributed by atoms with van der Waals surface area (Å²) in [5.74, 6) is -0.951. The molecule has 0 aliphatic rings. The molecule has 0 N–H and O–H groups in total. The Morgan fingerprint density at radius 2 is 1.76 bits per heavy atom. The summed E-state index contributed by atoms with van der Waals surface area (Å²) in [6, 6.07) is 0. The van der Waals surface area contributed by atoms with Crippen molar-refractivity contribution in [2.75, 3.05) is 6.61 Å². The van der Waals surface area contributed by atoms with Crippen molar-refractivity contribution in [2.24, 2.45) is 5.92 Å². The molecule has 0 fully saturated rings. The molecule has 17 heavy (non-hydrogen) atoms. The van der Waals surface area contributed by atoms with Crippen molar-refractivity contribution in [3.63, 3.8) is 0 Å². The molecule has 4 nitrogen and oxygen atoms in total. The average molecular weight is 252 g/mol. The van der Waals surface area contributed by atoms with E-state index in [2.05, 4.69) is 13.8 Å². The van der Waals surface area contributed by atoms with Crippen molar-refractivity contribution in [1.29, 1.82) is 0 Å². The Bertz CT molecular complexity index is 217. The zero-order valence-corrected chi connectivity index (χ0v) is 13.2. The van der Waals surface area contributed by atoms with E-state index in [9.17, 15) is 14.7 Å². The summed E-state index contributed by atoms with van der Waals surface area (Å²) in [6.07, 6.45) is 3.89. The SMILES string of the molecule is CC(C)CCCCCOC(=O)CCC(=O)[O-].[Na+]. The maximum Gasteiger partial charge on any atom is 1.00 e. The minimum Gasteiger partial charge on any atom is -0.550 e. The molecule has 0 atom stereocenters. The van der Waals surface area contributed by atoms with E-state index < -0.39 is 11.9 Å². The van der Waals surface area contributed by atoms with Crippen LogP contribution in [0.3, 0.4) is 0 Å². The Labute approximate surface area is 125 Å². The van der Waals surface area contributed by atoms with Crippen LogP contribution in [-0.2, 0) is 14.3 Å². The van der Waals surface area contributed by atoms with Crippen molar-refractivity contribution in [2.45, 2.75) is 52.4 Å². The van der Waals surface area contributed by atoms with Gasteiger partial charge in [0, 0.05) is 5.97 Å². The number of carboxylic acid groups (broad SMARTS) is 1. The normalized spacial score (nSPS) is 9.82. The van der Waals surface area contributed by atoms with Gasteiger partial charge in [-0.1, -0.05) is 33.1 Å². The molecule has 0 radical (unpaired) electrons. The number of ether oxygens (including phenoxy) is 1. The fourth-order valence-corrected chi connectivity index (χ4v) is 1.29. The van der Waals surface area contributed by atoms with Crippen LogP contribution in [0.4, 0.5) is 0 Å². The first-order valence-electron chi connectivity index (χ1n) is 5.88. The van der Waals surface area contributed by atoms with E-state index in [1.165, 1.54) is 6.42 Å². The topological polar surface area (TPSA) is 66.4 Å². The number of carbonyl (C=O) groups excluding carboxylic acids is 2. The third-order valence-electron chi connectivity index (χ3n) is 2.22. The molecule has 0 aliphatic heterocycles. The number of carboxylic acids is 1. The molecule has 0 aromatic carbocycles. The van der Waals surface area contributed by atoms with Crippen molar-refractivity contribution < 1.29 is 49.0 Å². The second-order valence-corrected chi connectivity index (χ2v) is 4.34. The molecule has 0 rings (SSSR count). The van der Waals surface area contributed by atoms with Gasteiger partial charge >= 0.3 is 35.5 Å². The molecular formula is C12H21NaO4. The van der Waals surface area contributed by atoms with Gasteiger partial charge in [-0.05, 0) is 18.8 Å². The quantitative estimate of drug-likeness (QED) is 0.278. The molecule has 0 saturated carbocycles. The number of unbranched alkanes of at least 4 members (excludes halogenated alkanes) is 2. The van der Waals surface area contributed by atoms with Crippen molar-refractivity contribution in [3.05, 3.63) is 0 Å². The van der Waals surface area contributed by atoms with Gasteiger partial charge in [0.15, 0.2) is 0 Å². The second-order valence-electron chi connectivity index (χ2n) is 4.34. The zero-order valence-electron chi connectivity index (χ0n) is 11.2. The van der Waals surface area contributed by atoms with E-state index >= 15 is 0 Å². The molecule has 0 heterocycles. The van der Waals surface area contributed by atoms with Crippen LogP contribution >= 0.6 is 0 Å². The van der Waals surface area contributed by atoms with Crippen LogP contribution in [0.1, 0.15) is 52.4 Å². The Balaban J connectivity index is 0. The van der Waals surface area contributed by atoms with Gasteiger partial charge in [0.25, 0.3) is 0 Å². The van der Waals surface area contributed by atoms with Gasteiger partial charge < -0.3 is 14.6 Å². The largest absolute Gasteiger partial charge is 1.00 e. The molecule has 0 bridgehead atoms. The summed E-state index contributed by atoms with van der Waals surface area (Å²) in [5, 5.41) is 10.1. The van der Waals surface area contributed by atoms with Gasteiger partial charge in [-0.15, -0.1) is 0 Å². The van der Waals surface area contributed by atoms with Gasteiger partial charge in [-0.3, -0.25) is 4.79 Å². The predicted octanol–water partition coefficient (Wildman–Crippen LogP) is -1.72. The maximum absolute atomic E-state index is 11.0. The fourth-order valence-electron chi connectivity index (χ4n) is 1.29. The molecule has 5 heteroatoms. The van der Waals surface area contributed by atoms with Crippen LogP contribution in [0, 0.1) is 5.92 Å². The number of hydrogen-bond donors (Lipinski definition) is 0. The van der Waals surface area contributed by atoms with Crippen molar-refractivity contribution >= 4 is 11.9 Å². The van der Waals surface area contributed by atoms with E-state index in [0.29, 0.717) is 12.5 Å². The monoisotopic (exact) mass is 252 g/mol. The van der Waals surface area contributed by atoms with Crippen molar-refractivity contribution in [1.82, 2.24) is 0 Å². The smallest absolute Gasteiger partial charge is 0.550 e. The first kappa shape index (κ1) is 19.3. The summed E-state index contributed by atoms with van der Waals surface area (Å²) < 4.78 is 4.87. The van der Waals surface area contributed by atoms with Gasteiger partial charge in [0.1, 0.15) is 0 Å². The zero-order chi connectivity index (χ0) is 12.4. The van der Waals surface area contributed by atoms with Crippen LogP contribution < -0.4 is 34.7 Å². The van der Waals surface area contributed by atoms with Crippen molar-refractivity contribution in [3.8, 4) is 0 Å². The average Bonchev–Trinajstić information content (AvgIpc) is 2.19. The molecule has 0 aromatic heterocycles. The van der Waals surface area contributed by atoms with Gasteiger partial charge in [0.05, 0.1) is 13.0 Å². The first-order valence-corrected chi connectivity index (χ1v) is 5.88. The maximum atomic E-state index is 11.0. The predicted molar refractivity (Wildman–Crippen MR) is 58.5 cm³/mol. The van der Waals surface area contributed by atoms with Crippen LogP contribution in [0.25, 0.3) is 0 Å². The van der Waals surface area contributed by atoms with Gasteiger partial charge in [0.2, 0.25) is 0 Å². The van der Waals surface area contributed by atoms with Crippen LogP contribution in [0.2, 0.25) is 0 Å². The Hall–Kier alpha value is -0.0600. The molecule has 0 spiro atoms. The fraction of sp³-hybridized carbons (Fsp3) is 0.833. The summed E-state index contributed by atoms with van der Waals surface area (Å²) >= 11 is 0. The first-order chi connectivity index (χ1) is 7.52. The number of rotatable bonds is 9. The second kappa shape index (κ2) is 12.4. The number of esters is 1. The third-order valence-corrected chi connectivity index (χ3v) is 2.22. The third kappa shape index (κ3) is 15.9. The van der Waals surface area contributed by atoms with Gasteiger partial charge in [-0.2, -0.15) is 0 Å². The van der Waals surface area contributed by atoms with E-state index in [1.54, 1.807) is 0 Å². The number of hydrogen-bond acceptors (Lipinski definition) is 4. The Morgan fingerprint density at radius 3 is 2.29 bits per heavy atom. The Kier molecular flexibility index (Phi) is 14.1. The minimum atomic E-state index is -1.21. The van der Waals surface area contributed by atoms with E-state index in [0.717, 1.165) is 19.3 Å². The van der Waals surface area contributed by atoms with Crippen LogP contribution in [0.15, 0.2) is 0 Å². The van der Waals surface area contributed by atoms with Gasteiger partial charge in [-0.25, -0.2) is 0 Å². The summed E-state index contributed by atoms with van der Waals surface area (Å²) in [4.78, 5) is 21.0. The summed E-state index contributed by atoms with van der Waals surface area (Å²) in [5.41, 5.74) is 0. The molecular weight excluding hydrogens is 231 g/mol. The van der Waals surface area contributed by atoms with Crippen LogP contribution in [0.5, 0.6) is 0 Å². The molecule has 0 aliphatic carbocycles. The van der Waals surface area contributed by atoms with E-state index in [-0.39, 0.29) is 42.4 Å². The summed E-state index contributed by atoms with van der Waals surface area (Å²) in [6.45, 7) is 4.75. The Morgan fingerprint density at radius 1 is 1.12 bits per heavy atom. The van der Waals surface area contributed by atoms with E-state index in [1.807, 2.05) is 0 Å². The molecule has 0 amide bonds. The summed E-state index contributed by atoms with van der Waals surface area (Å²) in [7, 11) is 0. The molecule has 0 unspecified atom stereocenters. The van der Waals surface area contributed by atoms with E-state index in [4.69, 9.17) is 4.74 Å². The minimum absolute atomic E-state index is 0. The van der Waals surface area contributed by atoms with Crippen LogP contribution in [-0.4, -0.2) is 18.5 Å². The standard InChI is InChI=1S/C12H22O4.Na/c1-10(2)6-4-3-5-9-16-12(15)8-7-11(13)14;/h10H,3-9H2,1-2H3,(H,13,14);/q;+1/p-1. The molecule has 0 aromatic rings.